The number of amides is 1. The van der Waals surface area contributed by atoms with Crippen LogP contribution in [0.3, 0.4) is 0 Å². The normalized spacial score (nSPS) is 13.0. The van der Waals surface area contributed by atoms with Crippen LogP contribution in [0.1, 0.15) is 108 Å². The Labute approximate surface area is 281 Å². The van der Waals surface area contributed by atoms with Crippen LogP contribution in [0, 0.1) is 0 Å². The Hall–Kier alpha value is -2.59. The summed E-state index contributed by atoms with van der Waals surface area (Å²) in [5.74, 6) is 0.262. The molecule has 2 rings (SSSR count). The second kappa shape index (κ2) is 22.1. The second-order valence-corrected chi connectivity index (χ2v) is 14.0. The van der Waals surface area contributed by atoms with Gasteiger partial charge in [-0.15, -0.1) is 0 Å². The molecular weight excluding hydrogens is 656 g/mol. The molecule has 0 fully saturated rings. The quantitative estimate of drug-likeness (QED) is 0.0736. The summed E-state index contributed by atoms with van der Waals surface area (Å²) in [6, 6.07) is 8.74. The van der Waals surface area contributed by atoms with Crippen LogP contribution in [0.4, 0.5) is 13.2 Å². The maximum Gasteiger partial charge on any atom is 0.422 e. The molecule has 1 aromatic carbocycles. The van der Waals surface area contributed by atoms with Crippen molar-refractivity contribution in [2.24, 2.45) is 0 Å². The van der Waals surface area contributed by atoms with E-state index in [1.165, 1.54) is 82.2 Å². The molecule has 1 atom stereocenters. The minimum Gasteiger partial charge on any atom is -0.487 e. The van der Waals surface area contributed by atoms with Gasteiger partial charge in [-0.1, -0.05) is 108 Å². The van der Waals surface area contributed by atoms with Gasteiger partial charge in [-0.3, -0.25) is 14.3 Å². The van der Waals surface area contributed by atoms with Crippen LogP contribution < -0.4 is 14.8 Å². The lowest BCUT2D eigenvalue weighted by Gasteiger charge is -2.17. The van der Waals surface area contributed by atoms with E-state index in [0.29, 0.717) is 17.9 Å². The Kier molecular flexibility index (Phi) is 19.1. The predicted molar refractivity (Wildman–Crippen MR) is 178 cm³/mol. The number of ether oxygens (including phenoxy) is 2. The lowest BCUT2D eigenvalue weighted by atomic mass is 10.0. The van der Waals surface area contributed by atoms with Crippen molar-refractivity contribution in [1.82, 2.24) is 10.3 Å². The van der Waals surface area contributed by atoms with Gasteiger partial charge in [0, 0.05) is 18.7 Å². The lowest BCUT2D eigenvalue weighted by molar-refractivity contribution is -0.153. The zero-order chi connectivity index (χ0) is 34.5. The summed E-state index contributed by atoms with van der Waals surface area (Å²) in [5.41, 5.74) is 1.12. The van der Waals surface area contributed by atoms with Gasteiger partial charge < -0.3 is 24.6 Å². The first-order valence-corrected chi connectivity index (χ1v) is 18.4. The number of aromatic nitrogens is 1. The summed E-state index contributed by atoms with van der Waals surface area (Å²) in [6.07, 6.45) is 14.2. The third-order valence-electron chi connectivity index (χ3n) is 7.43. The van der Waals surface area contributed by atoms with E-state index in [2.05, 4.69) is 17.2 Å². The van der Waals surface area contributed by atoms with Gasteiger partial charge in [-0.2, -0.15) is 13.2 Å². The van der Waals surface area contributed by atoms with Crippen molar-refractivity contribution in [3.05, 3.63) is 64.7 Å². The number of nitrogens with zero attached hydrogens (tertiary/aromatic N) is 1. The first-order chi connectivity index (χ1) is 22.4. The maximum atomic E-state index is 12.7. The SMILES string of the molecule is CCCCCCCCCCCCCCCC(=O)N[C@@H](/C=C(/Cl)P(=O)(O)O)Cc1ccc(OCc2cc(OCC(F)(F)F)ccn2)cc1. The fourth-order valence-electron chi connectivity index (χ4n) is 4.92. The largest absolute Gasteiger partial charge is 0.487 e. The van der Waals surface area contributed by atoms with Gasteiger partial charge in [0.25, 0.3) is 0 Å². The van der Waals surface area contributed by atoms with Gasteiger partial charge in [0.05, 0.1) is 11.7 Å². The van der Waals surface area contributed by atoms with Crippen LogP contribution in [-0.4, -0.2) is 39.5 Å². The first-order valence-electron chi connectivity index (χ1n) is 16.4. The molecule has 0 spiro atoms. The number of carbonyl (C=O) groups is 1. The third kappa shape index (κ3) is 19.7. The average molecular weight is 705 g/mol. The van der Waals surface area contributed by atoms with Gasteiger partial charge in [-0.25, -0.2) is 0 Å². The molecule has 264 valence electrons. The molecule has 13 heteroatoms. The average Bonchev–Trinajstić information content (AvgIpc) is 3.01. The highest BCUT2D eigenvalue weighted by atomic mass is 35.5. The second-order valence-electron chi connectivity index (χ2n) is 11.7. The molecule has 0 aliphatic rings. The van der Waals surface area contributed by atoms with Crippen molar-refractivity contribution >= 4 is 25.1 Å². The van der Waals surface area contributed by atoms with E-state index in [1.807, 2.05) is 0 Å². The molecule has 0 aliphatic carbocycles. The molecular formula is C34H49ClF3N2O6P. The summed E-state index contributed by atoms with van der Waals surface area (Å²) in [4.78, 5) is 35.7. The zero-order valence-electron chi connectivity index (χ0n) is 27.2. The minimum absolute atomic E-state index is 0.0128. The van der Waals surface area contributed by atoms with E-state index in [9.17, 15) is 32.3 Å². The standard InChI is InChI=1S/C34H49ClF3N2O6P/c1-2-3-4-5-6-7-8-9-10-11-12-13-14-15-33(41)40-28(24-32(35)47(42,43)44)22-27-16-18-30(19-17-27)45-25-29-23-31(20-21-39-29)46-26-34(36,37)38/h16-21,23-24,28H,2-15,22,25-26H2,1H3,(H,40,41)(H2,42,43,44)/b32-24-/t28-/m1/s1. The predicted octanol–water partition coefficient (Wildman–Crippen LogP) is 9.37. The zero-order valence-corrected chi connectivity index (χ0v) is 28.8. The van der Waals surface area contributed by atoms with Gasteiger partial charge in [0.2, 0.25) is 5.91 Å². The van der Waals surface area contributed by atoms with E-state index in [0.717, 1.165) is 31.2 Å². The highest BCUT2D eigenvalue weighted by molar-refractivity contribution is 7.59. The highest BCUT2D eigenvalue weighted by Crippen LogP contribution is 2.47. The molecule has 47 heavy (non-hydrogen) atoms. The number of hydrogen-bond acceptors (Lipinski definition) is 5. The van der Waals surface area contributed by atoms with Gasteiger partial charge in [0.15, 0.2) is 6.61 Å². The number of carbonyl (C=O) groups excluding carboxylic acids is 1. The van der Waals surface area contributed by atoms with E-state index < -0.39 is 31.2 Å². The topological polar surface area (TPSA) is 118 Å². The fraction of sp³-hybridized carbons (Fsp3) is 0.588. The molecule has 1 heterocycles. The number of rotatable bonds is 24. The number of pyridine rings is 1. The Morgan fingerprint density at radius 1 is 0.915 bits per heavy atom. The third-order valence-corrected chi connectivity index (χ3v) is 8.92. The number of unbranched alkanes of at least 4 members (excludes halogenated alkanes) is 12. The first kappa shape index (κ1) is 40.6. The number of nitrogens with one attached hydrogen (secondary N) is 1. The molecule has 0 saturated heterocycles. The molecule has 8 nitrogen and oxygen atoms in total. The minimum atomic E-state index is -4.69. The lowest BCUT2D eigenvalue weighted by Crippen LogP contribution is -2.35. The molecule has 0 aliphatic heterocycles. The Morgan fingerprint density at radius 2 is 1.49 bits per heavy atom. The molecule has 0 unspecified atom stereocenters. The van der Waals surface area contributed by atoms with Crippen LogP contribution in [-0.2, 0) is 22.4 Å². The summed E-state index contributed by atoms with van der Waals surface area (Å²) in [5, 5.41) is 2.83. The van der Waals surface area contributed by atoms with Crippen molar-refractivity contribution < 1.29 is 41.8 Å². The molecule has 0 bridgehead atoms. The van der Waals surface area contributed by atoms with Crippen LogP contribution in [0.25, 0.3) is 0 Å². The molecule has 2 aromatic rings. The summed E-state index contributed by atoms with van der Waals surface area (Å²) < 4.78 is 58.7. The van der Waals surface area contributed by atoms with E-state index >= 15 is 0 Å². The van der Waals surface area contributed by atoms with Gasteiger partial charge in [0.1, 0.15) is 22.9 Å². The van der Waals surface area contributed by atoms with Crippen molar-refractivity contribution in [3.63, 3.8) is 0 Å². The van der Waals surface area contributed by atoms with Crippen molar-refractivity contribution in [2.75, 3.05) is 6.61 Å². The van der Waals surface area contributed by atoms with Gasteiger partial charge in [-0.05, 0) is 42.7 Å². The van der Waals surface area contributed by atoms with Crippen molar-refractivity contribution in [3.8, 4) is 11.5 Å². The van der Waals surface area contributed by atoms with Crippen LogP contribution >= 0.6 is 19.2 Å². The smallest absolute Gasteiger partial charge is 0.422 e. The molecule has 0 saturated carbocycles. The highest BCUT2D eigenvalue weighted by Gasteiger charge is 2.28. The van der Waals surface area contributed by atoms with Crippen LogP contribution in [0.2, 0.25) is 0 Å². The van der Waals surface area contributed by atoms with E-state index in [4.69, 9.17) is 21.1 Å². The fourth-order valence-corrected chi connectivity index (χ4v) is 5.45. The summed E-state index contributed by atoms with van der Waals surface area (Å²) >= 11 is 5.87. The number of halogens is 4. The number of benzene rings is 1. The number of alkyl halides is 3. The summed E-state index contributed by atoms with van der Waals surface area (Å²) in [7, 11) is -4.69. The Bertz CT molecular complexity index is 1260. The monoisotopic (exact) mass is 704 g/mol. The van der Waals surface area contributed by atoms with E-state index in [-0.39, 0.29) is 24.7 Å². The van der Waals surface area contributed by atoms with Crippen LogP contribution in [0.5, 0.6) is 11.5 Å². The maximum absolute atomic E-state index is 12.7. The van der Waals surface area contributed by atoms with Gasteiger partial charge >= 0.3 is 13.8 Å². The Balaban J connectivity index is 1.79. The molecule has 0 radical (unpaired) electrons. The van der Waals surface area contributed by atoms with E-state index in [1.54, 1.807) is 24.3 Å². The molecule has 3 N–H and O–H groups in total. The van der Waals surface area contributed by atoms with Crippen LogP contribution in [0.15, 0.2) is 53.4 Å². The van der Waals surface area contributed by atoms with Crippen molar-refractivity contribution in [1.29, 1.82) is 0 Å². The Morgan fingerprint density at radius 3 is 2.04 bits per heavy atom. The van der Waals surface area contributed by atoms with Crippen molar-refractivity contribution in [2.45, 2.75) is 122 Å². The molecule has 1 amide bonds. The summed E-state index contributed by atoms with van der Waals surface area (Å²) in [6.45, 7) is 0.808. The molecule has 1 aromatic heterocycles. The number of hydrogen-bond donors (Lipinski definition) is 3.